The van der Waals surface area contributed by atoms with E-state index in [0.717, 1.165) is 50.9 Å². The van der Waals surface area contributed by atoms with E-state index >= 15 is 0 Å². The maximum atomic E-state index is 12.8. The first-order valence-corrected chi connectivity index (χ1v) is 10.6. The number of para-hydroxylation sites is 1. The van der Waals surface area contributed by atoms with Gasteiger partial charge in [0.2, 0.25) is 0 Å². The molecule has 152 valence electrons. The summed E-state index contributed by atoms with van der Waals surface area (Å²) in [5.41, 5.74) is 3.62. The zero-order chi connectivity index (χ0) is 20.2. The van der Waals surface area contributed by atoms with Crippen LogP contribution in [0.25, 0.3) is 0 Å². The molecule has 0 spiro atoms. The second-order valence-electron chi connectivity index (χ2n) is 7.90. The Balaban J connectivity index is 1.47. The van der Waals surface area contributed by atoms with Gasteiger partial charge in [-0.05, 0) is 74.8 Å². The molecular weight excluding hydrogens is 364 g/mol. The molecule has 1 aliphatic carbocycles. The molecule has 1 heterocycles. The molecule has 2 amide bonds. The molecule has 1 saturated heterocycles. The Morgan fingerprint density at radius 1 is 0.966 bits per heavy atom. The number of hydrogen-bond acceptors (Lipinski definition) is 3. The summed E-state index contributed by atoms with van der Waals surface area (Å²) in [6, 6.07) is 13.3. The number of nitrogens with zero attached hydrogens (tertiary/aromatic N) is 1. The van der Waals surface area contributed by atoms with Gasteiger partial charge in [0, 0.05) is 13.1 Å². The normalized spacial score (nSPS) is 16.8. The van der Waals surface area contributed by atoms with Gasteiger partial charge in [-0.3, -0.25) is 9.59 Å². The second kappa shape index (κ2) is 8.68. The third-order valence-corrected chi connectivity index (χ3v) is 5.83. The summed E-state index contributed by atoms with van der Waals surface area (Å²) in [6.45, 7) is 3.31. The minimum absolute atomic E-state index is 0.0240. The van der Waals surface area contributed by atoms with Crippen LogP contribution in [0.5, 0.6) is 5.75 Å². The summed E-state index contributed by atoms with van der Waals surface area (Å²) >= 11 is 0. The van der Waals surface area contributed by atoms with Crippen molar-refractivity contribution in [1.29, 1.82) is 0 Å². The molecule has 2 aliphatic rings. The smallest absolute Gasteiger partial charge is 0.265 e. The fourth-order valence-corrected chi connectivity index (χ4v) is 4.20. The molecule has 1 fully saturated rings. The average Bonchev–Trinajstić information content (AvgIpc) is 3.29. The lowest BCUT2D eigenvalue weighted by Gasteiger charge is -2.22. The molecule has 0 radical (unpaired) electrons. The molecular formula is C24H28N2O3. The number of aryl methyl sites for hydroxylation is 1. The van der Waals surface area contributed by atoms with E-state index in [1.54, 1.807) is 19.1 Å². The standard InChI is InChI=1S/C24H28N2O3/c1-17(29-22-14-8-10-18-9-2-3-11-19(18)22)23(27)25-21-13-5-4-12-20(21)24(28)26-15-6-7-16-26/h4-5,8,10,12-14,17H,2-3,6-7,9,11,15-16H2,1H3,(H,25,27)/t17-/m1/s1. The van der Waals surface area contributed by atoms with Crippen molar-refractivity contribution < 1.29 is 14.3 Å². The van der Waals surface area contributed by atoms with Crippen LogP contribution >= 0.6 is 0 Å². The zero-order valence-electron chi connectivity index (χ0n) is 16.9. The number of hydrogen-bond donors (Lipinski definition) is 1. The maximum Gasteiger partial charge on any atom is 0.265 e. The van der Waals surface area contributed by atoms with Crippen LogP contribution in [-0.2, 0) is 17.6 Å². The summed E-state index contributed by atoms with van der Waals surface area (Å²) in [6.07, 6.45) is 5.83. The predicted molar refractivity (Wildman–Crippen MR) is 113 cm³/mol. The minimum Gasteiger partial charge on any atom is -0.481 e. The average molecular weight is 392 g/mol. The van der Waals surface area contributed by atoms with Gasteiger partial charge in [0.25, 0.3) is 11.8 Å². The first-order chi connectivity index (χ1) is 14.1. The van der Waals surface area contributed by atoms with Crippen molar-refractivity contribution in [3.63, 3.8) is 0 Å². The summed E-state index contributed by atoms with van der Waals surface area (Å²) in [5, 5.41) is 2.90. The Bertz CT molecular complexity index is 903. The Labute approximate surface area is 172 Å². The van der Waals surface area contributed by atoms with Gasteiger partial charge in [0.05, 0.1) is 11.3 Å². The molecule has 5 heteroatoms. The highest BCUT2D eigenvalue weighted by Gasteiger charge is 2.24. The Kier molecular flexibility index (Phi) is 5.84. The summed E-state index contributed by atoms with van der Waals surface area (Å²) in [7, 11) is 0. The summed E-state index contributed by atoms with van der Waals surface area (Å²) < 4.78 is 6.04. The lowest BCUT2D eigenvalue weighted by molar-refractivity contribution is -0.122. The molecule has 0 unspecified atom stereocenters. The number of anilines is 1. The van der Waals surface area contributed by atoms with Crippen molar-refractivity contribution in [2.24, 2.45) is 0 Å². The van der Waals surface area contributed by atoms with Crippen LogP contribution in [-0.4, -0.2) is 35.9 Å². The number of fused-ring (bicyclic) bond motifs is 1. The molecule has 0 bridgehead atoms. The highest BCUT2D eigenvalue weighted by molar-refractivity contribution is 6.04. The summed E-state index contributed by atoms with van der Waals surface area (Å²) in [4.78, 5) is 27.5. The van der Waals surface area contributed by atoms with Crippen LogP contribution in [0, 0.1) is 0 Å². The molecule has 1 atom stereocenters. The van der Waals surface area contributed by atoms with Crippen molar-refractivity contribution in [3.8, 4) is 5.75 Å². The quantitative estimate of drug-likeness (QED) is 0.829. The van der Waals surface area contributed by atoms with Crippen molar-refractivity contribution in [3.05, 3.63) is 59.2 Å². The predicted octanol–water partition coefficient (Wildman–Crippen LogP) is 4.21. The summed E-state index contributed by atoms with van der Waals surface area (Å²) in [5.74, 6) is 0.524. The molecule has 4 rings (SSSR count). The van der Waals surface area contributed by atoms with Crippen LogP contribution < -0.4 is 10.1 Å². The first kappa shape index (κ1) is 19.5. The van der Waals surface area contributed by atoms with E-state index in [2.05, 4.69) is 11.4 Å². The van der Waals surface area contributed by atoms with Crippen molar-refractivity contribution in [2.75, 3.05) is 18.4 Å². The monoisotopic (exact) mass is 392 g/mol. The minimum atomic E-state index is -0.654. The van der Waals surface area contributed by atoms with Gasteiger partial charge in [-0.2, -0.15) is 0 Å². The topological polar surface area (TPSA) is 58.6 Å². The number of ether oxygens (including phenoxy) is 1. The number of rotatable bonds is 5. The van der Waals surface area contributed by atoms with E-state index in [9.17, 15) is 9.59 Å². The molecule has 2 aromatic carbocycles. The highest BCUT2D eigenvalue weighted by atomic mass is 16.5. The first-order valence-electron chi connectivity index (χ1n) is 10.6. The van der Waals surface area contributed by atoms with Crippen LogP contribution in [0.4, 0.5) is 5.69 Å². The Morgan fingerprint density at radius 3 is 2.55 bits per heavy atom. The molecule has 0 aromatic heterocycles. The molecule has 29 heavy (non-hydrogen) atoms. The van der Waals surface area contributed by atoms with E-state index < -0.39 is 6.10 Å². The van der Waals surface area contributed by atoms with Gasteiger partial charge in [-0.25, -0.2) is 0 Å². The zero-order valence-corrected chi connectivity index (χ0v) is 16.9. The fraction of sp³-hybridized carbons (Fsp3) is 0.417. The second-order valence-corrected chi connectivity index (χ2v) is 7.90. The third-order valence-electron chi connectivity index (χ3n) is 5.83. The van der Waals surface area contributed by atoms with Gasteiger partial charge in [0.15, 0.2) is 6.10 Å². The SMILES string of the molecule is C[C@@H](Oc1cccc2c1CCCC2)C(=O)Nc1ccccc1C(=O)N1CCCC1. The number of carbonyl (C=O) groups is 2. The molecule has 0 saturated carbocycles. The van der Waals surface area contributed by atoms with E-state index in [1.807, 2.05) is 29.2 Å². The van der Waals surface area contributed by atoms with Crippen molar-refractivity contribution >= 4 is 17.5 Å². The van der Waals surface area contributed by atoms with Crippen LogP contribution in [0.1, 0.15) is 54.1 Å². The van der Waals surface area contributed by atoms with Gasteiger partial charge >= 0.3 is 0 Å². The Morgan fingerprint density at radius 2 is 1.72 bits per heavy atom. The largest absolute Gasteiger partial charge is 0.481 e. The third kappa shape index (κ3) is 4.29. The van der Waals surface area contributed by atoms with Gasteiger partial charge in [-0.15, -0.1) is 0 Å². The van der Waals surface area contributed by atoms with Crippen LogP contribution in [0.15, 0.2) is 42.5 Å². The van der Waals surface area contributed by atoms with E-state index in [4.69, 9.17) is 4.74 Å². The number of nitrogens with one attached hydrogen (secondary N) is 1. The molecule has 1 aliphatic heterocycles. The van der Waals surface area contributed by atoms with E-state index in [1.165, 1.54) is 17.5 Å². The van der Waals surface area contributed by atoms with Crippen LogP contribution in [0.3, 0.4) is 0 Å². The van der Waals surface area contributed by atoms with E-state index in [0.29, 0.717) is 11.3 Å². The lowest BCUT2D eigenvalue weighted by atomic mass is 9.91. The van der Waals surface area contributed by atoms with Crippen LogP contribution in [0.2, 0.25) is 0 Å². The van der Waals surface area contributed by atoms with E-state index in [-0.39, 0.29) is 11.8 Å². The van der Waals surface area contributed by atoms with Crippen molar-refractivity contribution in [1.82, 2.24) is 4.90 Å². The number of amides is 2. The highest BCUT2D eigenvalue weighted by Crippen LogP contribution is 2.30. The van der Waals surface area contributed by atoms with Crippen molar-refractivity contribution in [2.45, 2.75) is 51.6 Å². The number of benzene rings is 2. The number of likely N-dealkylation sites (tertiary alicyclic amines) is 1. The number of carbonyl (C=O) groups excluding carboxylic acids is 2. The molecule has 2 aromatic rings. The molecule has 5 nitrogen and oxygen atoms in total. The molecule has 1 N–H and O–H groups in total. The maximum absolute atomic E-state index is 12.8. The van der Waals surface area contributed by atoms with Gasteiger partial charge < -0.3 is 15.0 Å². The Hall–Kier alpha value is -2.82. The fourth-order valence-electron chi connectivity index (χ4n) is 4.20. The lowest BCUT2D eigenvalue weighted by Crippen LogP contribution is -2.33. The van der Waals surface area contributed by atoms with Gasteiger partial charge in [-0.1, -0.05) is 24.3 Å². The van der Waals surface area contributed by atoms with Gasteiger partial charge in [0.1, 0.15) is 5.75 Å².